The summed E-state index contributed by atoms with van der Waals surface area (Å²) in [7, 11) is -2.26. The number of aliphatic hydroxyl groups excluding tert-OH is 1. The number of rotatable bonds is 8. The molecule has 0 unspecified atom stereocenters. The summed E-state index contributed by atoms with van der Waals surface area (Å²) in [5, 5.41) is 15.8. The van der Waals surface area contributed by atoms with Crippen LogP contribution >= 0.6 is 0 Å². The second-order valence-electron chi connectivity index (χ2n) is 12.8. The van der Waals surface area contributed by atoms with Crippen molar-refractivity contribution in [2.24, 2.45) is 5.92 Å². The van der Waals surface area contributed by atoms with E-state index in [-0.39, 0.29) is 49.0 Å². The Morgan fingerprint density at radius 3 is 2.38 bits per heavy atom. The van der Waals surface area contributed by atoms with E-state index in [0.29, 0.717) is 41.7 Å². The van der Waals surface area contributed by atoms with Crippen molar-refractivity contribution in [2.45, 2.75) is 63.2 Å². The van der Waals surface area contributed by atoms with Gasteiger partial charge in [0.2, 0.25) is 16.8 Å². The number of anilines is 2. The van der Waals surface area contributed by atoms with Crippen LogP contribution in [-0.4, -0.2) is 93.1 Å². The number of fused-ring (bicyclic) bond motifs is 2. The summed E-state index contributed by atoms with van der Waals surface area (Å²) < 4.78 is 51.4. The Morgan fingerprint density at radius 1 is 0.980 bits per heavy atom. The van der Waals surface area contributed by atoms with E-state index in [9.17, 15) is 23.1 Å². The zero-order valence-electron chi connectivity index (χ0n) is 28.8. The number of benzene rings is 3. The Hall–Kier alpha value is -4.37. The van der Waals surface area contributed by atoms with E-state index in [1.165, 1.54) is 11.4 Å². The third-order valence-electron chi connectivity index (χ3n) is 8.83. The number of sulfonamides is 1. The van der Waals surface area contributed by atoms with E-state index < -0.39 is 34.1 Å². The first-order valence-corrected chi connectivity index (χ1v) is 18.2. The lowest BCUT2D eigenvalue weighted by Crippen LogP contribution is -2.48. The molecule has 2 heterocycles. The highest BCUT2D eigenvalue weighted by Crippen LogP contribution is 2.34. The summed E-state index contributed by atoms with van der Waals surface area (Å²) in [4.78, 5) is 29.1. The molecule has 13 nitrogen and oxygen atoms in total. The number of aliphatic hydroxyl groups is 1. The maximum atomic E-state index is 14.4. The molecule has 0 saturated heterocycles. The highest BCUT2D eigenvalue weighted by molar-refractivity contribution is 7.89. The smallest absolute Gasteiger partial charge is 0.323 e. The van der Waals surface area contributed by atoms with Gasteiger partial charge in [-0.2, -0.15) is 4.31 Å². The van der Waals surface area contributed by atoms with Crippen molar-refractivity contribution in [2.75, 3.05) is 50.8 Å². The normalized spacial score (nSPS) is 20.7. The van der Waals surface area contributed by atoms with E-state index in [1.54, 1.807) is 78.6 Å². The molecule has 2 aliphatic rings. The lowest BCUT2D eigenvalue weighted by molar-refractivity contribution is -0.00833. The van der Waals surface area contributed by atoms with Gasteiger partial charge in [0.1, 0.15) is 5.75 Å². The molecule has 3 N–H and O–H groups in total. The standard InChI is InChI=1S/C36H46N4O9S/c1-24-20-40(25(2)22-41)35(42)30-18-27(37-36(43)38-28-14-16-32-33(19-28)48-23-47-32)13-15-31(30)49-26(3)10-8-9-17-46-34(24)21-39(4)50(44,45)29-11-6-5-7-12-29/h5-7,11-16,18-19,24-26,34,41H,8-10,17,20-23H2,1-4H3,(H2,37,38,43)/t24-,25+,26+,34+/m1/s1. The van der Waals surface area contributed by atoms with E-state index >= 15 is 0 Å². The third-order valence-corrected chi connectivity index (χ3v) is 10.7. The monoisotopic (exact) mass is 710 g/mol. The first-order valence-electron chi connectivity index (χ1n) is 16.8. The summed E-state index contributed by atoms with van der Waals surface area (Å²) in [6.07, 6.45) is 1.42. The molecule has 14 heteroatoms. The molecule has 3 aromatic rings. The van der Waals surface area contributed by atoms with Crippen molar-refractivity contribution in [3.05, 3.63) is 72.3 Å². The first kappa shape index (κ1) is 36.9. The highest BCUT2D eigenvalue weighted by atomic mass is 32.2. The maximum absolute atomic E-state index is 14.4. The first-order chi connectivity index (χ1) is 24.0. The number of hydrogen-bond acceptors (Lipinski definition) is 9. The number of hydrogen-bond donors (Lipinski definition) is 3. The van der Waals surface area contributed by atoms with E-state index in [1.807, 2.05) is 13.8 Å². The van der Waals surface area contributed by atoms with Crippen LogP contribution in [0.1, 0.15) is 50.4 Å². The van der Waals surface area contributed by atoms with Crippen LogP contribution in [-0.2, 0) is 14.8 Å². The predicted molar refractivity (Wildman–Crippen MR) is 188 cm³/mol. The van der Waals surface area contributed by atoms with Crippen LogP contribution in [0.2, 0.25) is 0 Å². The number of carbonyl (C=O) groups excluding carboxylic acids is 2. The molecule has 0 radical (unpaired) electrons. The minimum atomic E-state index is -3.79. The second-order valence-corrected chi connectivity index (χ2v) is 14.8. The van der Waals surface area contributed by atoms with Gasteiger partial charge >= 0.3 is 6.03 Å². The number of nitrogens with zero attached hydrogens (tertiary/aromatic N) is 2. The fourth-order valence-electron chi connectivity index (χ4n) is 5.85. The van der Waals surface area contributed by atoms with Gasteiger partial charge < -0.3 is 39.6 Å². The van der Waals surface area contributed by atoms with Crippen molar-refractivity contribution < 1.29 is 42.1 Å². The summed E-state index contributed by atoms with van der Waals surface area (Å²) in [6.45, 7) is 5.99. The van der Waals surface area contributed by atoms with Crippen LogP contribution in [0, 0.1) is 5.92 Å². The molecule has 0 spiro atoms. The van der Waals surface area contributed by atoms with Crippen molar-refractivity contribution in [3.63, 3.8) is 0 Å². The van der Waals surface area contributed by atoms with Gasteiger partial charge in [0.15, 0.2) is 11.5 Å². The van der Waals surface area contributed by atoms with Crippen LogP contribution in [0.4, 0.5) is 16.2 Å². The molecule has 0 fully saturated rings. The Morgan fingerprint density at radius 2 is 1.66 bits per heavy atom. The zero-order valence-corrected chi connectivity index (χ0v) is 29.6. The zero-order chi connectivity index (χ0) is 35.8. The number of nitrogens with one attached hydrogen (secondary N) is 2. The minimum Gasteiger partial charge on any atom is -0.490 e. The molecule has 0 aromatic heterocycles. The van der Waals surface area contributed by atoms with E-state index in [4.69, 9.17) is 18.9 Å². The molecule has 4 atom stereocenters. The molecule has 0 aliphatic carbocycles. The van der Waals surface area contributed by atoms with Crippen LogP contribution in [0.25, 0.3) is 0 Å². The van der Waals surface area contributed by atoms with Crippen LogP contribution < -0.4 is 24.8 Å². The minimum absolute atomic E-state index is 0.0661. The molecule has 3 amide bonds. The van der Waals surface area contributed by atoms with Crippen LogP contribution in [0.15, 0.2) is 71.6 Å². The maximum Gasteiger partial charge on any atom is 0.323 e. The van der Waals surface area contributed by atoms with E-state index in [2.05, 4.69) is 10.6 Å². The Bertz CT molecular complexity index is 1740. The van der Waals surface area contributed by atoms with Gasteiger partial charge in [-0.3, -0.25) is 4.79 Å². The fourth-order valence-corrected chi connectivity index (χ4v) is 7.06. The average molecular weight is 711 g/mol. The summed E-state index contributed by atoms with van der Waals surface area (Å²) in [6, 6.07) is 17.0. The summed E-state index contributed by atoms with van der Waals surface area (Å²) in [5.74, 6) is 0.719. The number of ether oxygens (including phenoxy) is 4. The van der Waals surface area contributed by atoms with Gasteiger partial charge in [-0.05, 0) is 75.6 Å². The molecular formula is C36H46N4O9S. The Balaban J connectivity index is 1.39. The van der Waals surface area contributed by atoms with Crippen molar-refractivity contribution in [3.8, 4) is 17.2 Å². The fraction of sp³-hybridized carbons (Fsp3) is 0.444. The van der Waals surface area contributed by atoms with Crippen LogP contribution in [0.5, 0.6) is 17.2 Å². The number of carbonyl (C=O) groups is 2. The molecule has 0 bridgehead atoms. The molecule has 50 heavy (non-hydrogen) atoms. The molecule has 2 aliphatic heterocycles. The van der Waals surface area contributed by atoms with Crippen molar-refractivity contribution in [1.29, 1.82) is 0 Å². The molecule has 0 saturated carbocycles. The lowest BCUT2D eigenvalue weighted by atomic mass is 10.0. The van der Waals surface area contributed by atoms with Gasteiger partial charge in [-0.25, -0.2) is 13.2 Å². The van der Waals surface area contributed by atoms with Gasteiger partial charge in [-0.1, -0.05) is 25.1 Å². The predicted octanol–water partition coefficient (Wildman–Crippen LogP) is 5.18. The molecule has 270 valence electrons. The topological polar surface area (TPSA) is 156 Å². The van der Waals surface area contributed by atoms with Gasteiger partial charge in [0.25, 0.3) is 5.91 Å². The largest absolute Gasteiger partial charge is 0.490 e. The summed E-state index contributed by atoms with van der Waals surface area (Å²) in [5.41, 5.74) is 1.06. The van der Waals surface area contributed by atoms with Gasteiger partial charge in [0.05, 0.1) is 35.3 Å². The second kappa shape index (κ2) is 16.6. The lowest BCUT2D eigenvalue weighted by Gasteiger charge is -2.35. The number of amides is 3. The van der Waals surface area contributed by atoms with Crippen molar-refractivity contribution >= 4 is 33.3 Å². The quantitative estimate of drug-likeness (QED) is 0.287. The SMILES string of the molecule is C[C@@H]1CN([C@@H](C)CO)C(=O)c2cc(NC(=O)Nc3ccc4c(c3)OCO4)ccc2O[C@@H](C)CCCCO[C@H]1CN(C)S(=O)(=O)c1ccccc1. The molecule has 5 rings (SSSR count). The number of likely N-dealkylation sites (N-methyl/N-ethyl adjacent to an activating group) is 1. The van der Waals surface area contributed by atoms with Gasteiger partial charge in [-0.15, -0.1) is 0 Å². The average Bonchev–Trinajstić information content (AvgIpc) is 3.57. The Kier molecular flexibility index (Phi) is 12.2. The number of urea groups is 1. The molecular weight excluding hydrogens is 664 g/mol. The summed E-state index contributed by atoms with van der Waals surface area (Å²) >= 11 is 0. The third kappa shape index (κ3) is 9.04. The highest BCUT2D eigenvalue weighted by Gasteiger charge is 2.32. The van der Waals surface area contributed by atoms with E-state index in [0.717, 1.165) is 12.8 Å². The Labute approximate surface area is 293 Å². The van der Waals surface area contributed by atoms with Gasteiger partial charge in [0, 0.05) is 50.1 Å². The van der Waals surface area contributed by atoms with Crippen molar-refractivity contribution in [1.82, 2.24) is 9.21 Å². The molecule has 3 aromatic carbocycles. The van der Waals surface area contributed by atoms with Crippen LogP contribution in [0.3, 0.4) is 0 Å².